The monoisotopic (exact) mass is 263 g/mol. The maximum atomic E-state index is 9.15. The van der Waals surface area contributed by atoms with Gasteiger partial charge < -0.3 is 9.77 Å². The molecule has 0 bridgehead atoms. The van der Waals surface area contributed by atoms with Crippen LogP contribution in [0.4, 0.5) is 0 Å². The quantitative estimate of drug-likeness (QED) is 0.541. The minimum Gasteiger partial charge on any atom is -0.411 e. The fourth-order valence-electron chi connectivity index (χ4n) is 2.90. The van der Waals surface area contributed by atoms with E-state index in [1.807, 2.05) is 36.4 Å². The fourth-order valence-corrected chi connectivity index (χ4v) is 2.90. The number of aromatic nitrogens is 2. The number of para-hydroxylation sites is 1. The van der Waals surface area contributed by atoms with Gasteiger partial charge in [-0.15, -0.1) is 0 Å². The minimum atomic E-state index is 0.721. The molecule has 0 aliphatic carbocycles. The SMILES string of the molecule is ON=C1CCn2c(-c3ccccc3)nc3cccc1c32. The first-order valence-electron chi connectivity index (χ1n) is 6.64. The van der Waals surface area contributed by atoms with Gasteiger partial charge >= 0.3 is 0 Å². The summed E-state index contributed by atoms with van der Waals surface area (Å²) in [6, 6.07) is 16.1. The summed E-state index contributed by atoms with van der Waals surface area (Å²) in [4.78, 5) is 4.75. The van der Waals surface area contributed by atoms with Gasteiger partial charge in [-0.1, -0.05) is 47.6 Å². The molecule has 98 valence electrons. The van der Waals surface area contributed by atoms with E-state index in [-0.39, 0.29) is 0 Å². The minimum absolute atomic E-state index is 0.721. The maximum absolute atomic E-state index is 9.15. The zero-order valence-electron chi connectivity index (χ0n) is 10.8. The summed E-state index contributed by atoms with van der Waals surface area (Å²) in [6.07, 6.45) is 0.721. The van der Waals surface area contributed by atoms with E-state index in [0.29, 0.717) is 0 Å². The molecule has 0 saturated heterocycles. The molecule has 1 aliphatic heterocycles. The van der Waals surface area contributed by atoms with Crippen LogP contribution in [0.5, 0.6) is 0 Å². The maximum Gasteiger partial charge on any atom is 0.141 e. The first-order chi connectivity index (χ1) is 9.88. The summed E-state index contributed by atoms with van der Waals surface area (Å²) in [6.45, 7) is 0.789. The van der Waals surface area contributed by atoms with Gasteiger partial charge in [0.1, 0.15) is 5.82 Å². The largest absolute Gasteiger partial charge is 0.411 e. The average Bonchev–Trinajstić information content (AvgIpc) is 2.89. The van der Waals surface area contributed by atoms with Gasteiger partial charge in [0.05, 0.1) is 16.7 Å². The van der Waals surface area contributed by atoms with Crippen molar-refractivity contribution in [2.45, 2.75) is 13.0 Å². The summed E-state index contributed by atoms with van der Waals surface area (Å²) >= 11 is 0. The van der Waals surface area contributed by atoms with E-state index in [0.717, 1.165) is 46.7 Å². The van der Waals surface area contributed by atoms with Gasteiger partial charge in [-0.25, -0.2) is 4.98 Å². The van der Waals surface area contributed by atoms with E-state index in [1.165, 1.54) is 0 Å². The summed E-state index contributed by atoms with van der Waals surface area (Å²) in [7, 11) is 0. The predicted octanol–water partition coefficient (Wildman–Crippen LogP) is 3.29. The van der Waals surface area contributed by atoms with Crippen molar-refractivity contribution >= 4 is 16.7 Å². The molecule has 1 aromatic heterocycles. The highest BCUT2D eigenvalue weighted by Gasteiger charge is 2.22. The Morgan fingerprint density at radius 3 is 2.70 bits per heavy atom. The molecule has 4 rings (SSSR count). The molecule has 1 aliphatic rings. The highest BCUT2D eigenvalue weighted by Crippen LogP contribution is 2.31. The zero-order valence-corrected chi connectivity index (χ0v) is 10.8. The van der Waals surface area contributed by atoms with E-state index in [9.17, 15) is 0 Å². The van der Waals surface area contributed by atoms with Crippen molar-refractivity contribution in [3.8, 4) is 11.4 Å². The molecule has 0 radical (unpaired) electrons. The molecule has 2 aromatic carbocycles. The number of aryl methyl sites for hydroxylation is 1. The van der Waals surface area contributed by atoms with Crippen LogP contribution in [0.3, 0.4) is 0 Å². The molecular formula is C16H13N3O. The van der Waals surface area contributed by atoms with E-state index in [1.54, 1.807) is 0 Å². The molecule has 3 aromatic rings. The Kier molecular flexibility index (Phi) is 2.36. The third kappa shape index (κ3) is 1.48. The molecule has 4 heteroatoms. The van der Waals surface area contributed by atoms with E-state index >= 15 is 0 Å². The van der Waals surface area contributed by atoms with Gasteiger partial charge in [0.2, 0.25) is 0 Å². The van der Waals surface area contributed by atoms with Crippen molar-refractivity contribution < 1.29 is 5.21 Å². The Bertz CT molecular complexity index is 818. The lowest BCUT2D eigenvalue weighted by atomic mass is 10.0. The summed E-state index contributed by atoms with van der Waals surface area (Å²) in [5, 5.41) is 12.6. The standard InChI is InChI=1S/C16H13N3O/c20-18-13-9-10-19-15-12(13)7-4-8-14(15)17-16(19)11-5-2-1-3-6-11/h1-8,20H,9-10H2. The van der Waals surface area contributed by atoms with Crippen molar-refractivity contribution in [3.05, 3.63) is 54.1 Å². The van der Waals surface area contributed by atoms with Crippen LogP contribution in [0.15, 0.2) is 53.7 Å². The van der Waals surface area contributed by atoms with Crippen LogP contribution < -0.4 is 0 Å². The normalized spacial score (nSPS) is 15.9. The molecule has 2 heterocycles. The molecule has 0 fully saturated rings. The number of nitrogens with zero attached hydrogens (tertiary/aromatic N) is 3. The summed E-state index contributed by atoms with van der Waals surface area (Å²) in [5.74, 6) is 0.977. The Morgan fingerprint density at radius 1 is 1.05 bits per heavy atom. The fraction of sp³-hybridized carbons (Fsp3) is 0.125. The Morgan fingerprint density at radius 2 is 1.90 bits per heavy atom. The van der Waals surface area contributed by atoms with Crippen LogP contribution in [0.25, 0.3) is 22.4 Å². The van der Waals surface area contributed by atoms with Crippen molar-refractivity contribution in [3.63, 3.8) is 0 Å². The summed E-state index contributed by atoms with van der Waals surface area (Å²) in [5.41, 5.74) is 4.83. The van der Waals surface area contributed by atoms with Crippen LogP contribution in [0, 0.1) is 0 Å². The highest BCUT2D eigenvalue weighted by molar-refractivity contribution is 6.10. The second kappa shape index (κ2) is 4.20. The molecule has 0 amide bonds. The number of rotatable bonds is 1. The molecule has 20 heavy (non-hydrogen) atoms. The Labute approximate surface area is 116 Å². The molecule has 0 spiro atoms. The third-order valence-electron chi connectivity index (χ3n) is 3.80. The first kappa shape index (κ1) is 11.2. The van der Waals surface area contributed by atoms with Gasteiger partial charge in [-0.2, -0.15) is 0 Å². The first-order valence-corrected chi connectivity index (χ1v) is 6.64. The number of oxime groups is 1. The molecular weight excluding hydrogens is 250 g/mol. The molecule has 0 unspecified atom stereocenters. The second-order valence-electron chi connectivity index (χ2n) is 4.92. The van der Waals surface area contributed by atoms with Crippen molar-refractivity contribution in [1.29, 1.82) is 0 Å². The number of hydrogen-bond donors (Lipinski definition) is 1. The lowest BCUT2D eigenvalue weighted by Crippen LogP contribution is -2.15. The van der Waals surface area contributed by atoms with Crippen molar-refractivity contribution in [1.82, 2.24) is 9.55 Å². The Hall–Kier alpha value is -2.62. The van der Waals surface area contributed by atoms with Crippen LogP contribution >= 0.6 is 0 Å². The lowest BCUT2D eigenvalue weighted by Gasteiger charge is -2.17. The zero-order chi connectivity index (χ0) is 13.5. The number of benzene rings is 2. The van der Waals surface area contributed by atoms with Crippen LogP contribution in [0.1, 0.15) is 12.0 Å². The molecule has 1 N–H and O–H groups in total. The van der Waals surface area contributed by atoms with Crippen molar-refractivity contribution in [2.24, 2.45) is 5.16 Å². The lowest BCUT2D eigenvalue weighted by molar-refractivity contribution is 0.317. The summed E-state index contributed by atoms with van der Waals surface area (Å²) < 4.78 is 2.22. The van der Waals surface area contributed by atoms with Gasteiger partial charge in [-0.05, 0) is 6.07 Å². The second-order valence-corrected chi connectivity index (χ2v) is 4.92. The number of hydrogen-bond acceptors (Lipinski definition) is 3. The Balaban J connectivity index is 2.06. The van der Waals surface area contributed by atoms with E-state index in [2.05, 4.69) is 21.9 Å². The molecule has 4 nitrogen and oxygen atoms in total. The van der Waals surface area contributed by atoms with Crippen LogP contribution in [0.2, 0.25) is 0 Å². The van der Waals surface area contributed by atoms with Gasteiger partial charge in [0.15, 0.2) is 0 Å². The van der Waals surface area contributed by atoms with E-state index in [4.69, 9.17) is 10.2 Å². The van der Waals surface area contributed by atoms with E-state index < -0.39 is 0 Å². The van der Waals surface area contributed by atoms with Gasteiger partial charge in [0, 0.05) is 24.1 Å². The predicted molar refractivity (Wildman–Crippen MR) is 78.1 cm³/mol. The van der Waals surface area contributed by atoms with Crippen molar-refractivity contribution in [2.75, 3.05) is 0 Å². The number of imidazole rings is 1. The third-order valence-corrected chi connectivity index (χ3v) is 3.80. The molecule has 0 atom stereocenters. The van der Waals surface area contributed by atoms with Crippen LogP contribution in [-0.4, -0.2) is 20.5 Å². The smallest absolute Gasteiger partial charge is 0.141 e. The van der Waals surface area contributed by atoms with Crippen LogP contribution in [-0.2, 0) is 6.54 Å². The van der Waals surface area contributed by atoms with Gasteiger partial charge in [0.25, 0.3) is 0 Å². The highest BCUT2D eigenvalue weighted by atomic mass is 16.4. The van der Waals surface area contributed by atoms with Gasteiger partial charge in [-0.3, -0.25) is 0 Å². The average molecular weight is 263 g/mol. The molecule has 0 saturated carbocycles. The topological polar surface area (TPSA) is 50.4 Å².